The zero-order chi connectivity index (χ0) is 24.8. The summed E-state index contributed by atoms with van der Waals surface area (Å²) < 4.78 is 39.2. The van der Waals surface area contributed by atoms with Crippen LogP contribution in [0.15, 0.2) is 83.8 Å². The highest BCUT2D eigenvalue weighted by Crippen LogP contribution is 2.35. The molecule has 35 heavy (non-hydrogen) atoms. The van der Waals surface area contributed by atoms with Crippen LogP contribution in [-0.4, -0.2) is 66.2 Å². The Kier molecular flexibility index (Phi) is 7.45. The molecule has 0 bridgehead atoms. The second-order valence-electron chi connectivity index (χ2n) is 8.07. The molecule has 0 aromatic heterocycles. The summed E-state index contributed by atoms with van der Waals surface area (Å²) in [7, 11) is -1.07. The quantitative estimate of drug-likeness (QED) is 0.477. The molecule has 1 aliphatic heterocycles. The molecule has 1 fully saturated rings. The Hall–Kier alpha value is -3.72. The van der Waals surface area contributed by atoms with Gasteiger partial charge in [0.1, 0.15) is 18.0 Å². The number of ether oxygens (including phenoxy) is 2. The molecule has 1 heterocycles. The average Bonchev–Trinajstić information content (AvgIpc) is 2.92. The van der Waals surface area contributed by atoms with Crippen molar-refractivity contribution in [3.05, 3.63) is 78.9 Å². The van der Waals surface area contributed by atoms with Gasteiger partial charge in [-0.05, 0) is 36.4 Å². The van der Waals surface area contributed by atoms with E-state index in [0.29, 0.717) is 37.7 Å². The van der Waals surface area contributed by atoms with Crippen LogP contribution in [0.25, 0.3) is 0 Å². The van der Waals surface area contributed by atoms with Crippen molar-refractivity contribution in [2.24, 2.45) is 0 Å². The zero-order valence-corrected chi connectivity index (χ0v) is 20.6. The molecule has 0 spiro atoms. The molecule has 4 rings (SSSR count). The average molecular weight is 496 g/mol. The SMILES string of the molecule is COc1ccc(N(CC(=O)N2CCN(c3ccccc3)CC2)S(=O)(=O)c2ccccc2)c(OC)c1. The predicted molar refractivity (Wildman–Crippen MR) is 136 cm³/mol. The number of benzene rings is 3. The van der Waals surface area contributed by atoms with E-state index < -0.39 is 10.0 Å². The largest absolute Gasteiger partial charge is 0.497 e. The summed E-state index contributed by atoms with van der Waals surface area (Å²) in [5.41, 5.74) is 1.38. The van der Waals surface area contributed by atoms with Crippen LogP contribution in [0, 0.1) is 0 Å². The standard InChI is InChI=1S/C26H29N3O5S/c1-33-22-13-14-24(25(19-22)34-2)29(35(31,32)23-11-7-4-8-12-23)20-26(30)28-17-15-27(16-18-28)21-9-5-3-6-10-21/h3-14,19H,15-18,20H2,1-2H3. The van der Waals surface area contributed by atoms with E-state index in [4.69, 9.17) is 9.47 Å². The number of hydrogen-bond donors (Lipinski definition) is 0. The molecule has 8 nitrogen and oxygen atoms in total. The number of sulfonamides is 1. The van der Waals surface area contributed by atoms with Gasteiger partial charge in [0.25, 0.3) is 10.0 Å². The van der Waals surface area contributed by atoms with Crippen molar-refractivity contribution in [2.75, 3.05) is 56.1 Å². The highest BCUT2D eigenvalue weighted by molar-refractivity contribution is 7.92. The van der Waals surface area contributed by atoms with Gasteiger partial charge in [0, 0.05) is 37.9 Å². The summed E-state index contributed by atoms with van der Waals surface area (Å²) in [5.74, 6) is 0.548. The van der Waals surface area contributed by atoms with Gasteiger partial charge in [-0.2, -0.15) is 0 Å². The molecule has 1 aliphatic rings. The molecule has 184 valence electrons. The normalized spacial score (nSPS) is 13.9. The maximum Gasteiger partial charge on any atom is 0.264 e. The van der Waals surface area contributed by atoms with Gasteiger partial charge < -0.3 is 19.3 Å². The number of amides is 1. The minimum atomic E-state index is -4.04. The number of anilines is 2. The highest BCUT2D eigenvalue weighted by atomic mass is 32.2. The Bertz CT molecular complexity index is 1240. The van der Waals surface area contributed by atoms with Crippen molar-refractivity contribution in [1.29, 1.82) is 0 Å². The Balaban J connectivity index is 1.60. The Morgan fingerprint density at radius 3 is 2.09 bits per heavy atom. The smallest absolute Gasteiger partial charge is 0.264 e. The fraction of sp³-hybridized carbons (Fsp3) is 0.269. The van der Waals surface area contributed by atoms with Gasteiger partial charge in [-0.15, -0.1) is 0 Å². The maximum atomic E-state index is 13.7. The summed E-state index contributed by atoms with van der Waals surface area (Å²) in [4.78, 5) is 17.4. The maximum absolute atomic E-state index is 13.7. The fourth-order valence-electron chi connectivity index (χ4n) is 4.09. The van der Waals surface area contributed by atoms with Crippen LogP contribution in [0.1, 0.15) is 0 Å². The number of methoxy groups -OCH3 is 2. The highest BCUT2D eigenvalue weighted by Gasteiger charge is 2.32. The molecule has 0 aliphatic carbocycles. The molecule has 3 aromatic rings. The number of carbonyl (C=O) groups excluding carboxylic acids is 1. The predicted octanol–water partition coefficient (Wildman–Crippen LogP) is 3.25. The zero-order valence-electron chi connectivity index (χ0n) is 19.8. The van der Waals surface area contributed by atoms with Crippen LogP contribution >= 0.6 is 0 Å². The van der Waals surface area contributed by atoms with Crippen molar-refractivity contribution in [2.45, 2.75) is 4.90 Å². The molecular weight excluding hydrogens is 466 g/mol. The number of piperazine rings is 1. The third-order valence-corrected chi connectivity index (χ3v) is 7.79. The summed E-state index contributed by atoms with van der Waals surface area (Å²) in [6.07, 6.45) is 0. The molecule has 1 amide bonds. The van der Waals surface area contributed by atoms with Crippen LogP contribution in [0.3, 0.4) is 0 Å². The van der Waals surface area contributed by atoms with E-state index in [-0.39, 0.29) is 23.0 Å². The first-order valence-corrected chi connectivity index (χ1v) is 12.8. The van der Waals surface area contributed by atoms with Crippen LogP contribution in [-0.2, 0) is 14.8 Å². The minimum Gasteiger partial charge on any atom is -0.497 e. The van der Waals surface area contributed by atoms with Crippen molar-refractivity contribution < 1.29 is 22.7 Å². The number of nitrogens with zero attached hydrogens (tertiary/aromatic N) is 3. The van der Waals surface area contributed by atoms with E-state index in [9.17, 15) is 13.2 Å². The van der Waals surface area contributed by atoms with Crippen LogP contribution in [0.5, 0.6) is 11.5 Å². The molecule has 0 radical (unpaired) electrons. The minimum absolute atomic E-state index is 0.0968. The molecule has 0 unspecified atom stereocenters. The lowest BCUT2D eigenvalue weighted by Crippen LogP contribution is -2.52. The molecule has 0 saturated carbocycles. The van der Waals surface area contributed by atoms with Crippen molar-refractivity contribution in [1.82, 2.24) is 4.90 Å². The van der Waals surface area contributed by atoms with Crippen LogP contribution in [0.2, 0.25) is 0 Å². The lowest BCUT2D eigenvalue weighted by molar-refractivity contribution is -0.129. The van der Waals surface area contributed by atoms with Crippen molar-refractivity contribution in [3.8, 4) is 11.5 Å². The number of hydrogen-bond acceptors (Lipinski definition) is 6. The first kappa shape index (κ1) is 24.4. The van der Waals surface area contributed by atoms with Gasteiger partial charge in [0.05, 0.1) is 24.8 Å². The van der Waals surface area contributed by atoms with E-state index in [1.807, 2.05) is 30.3 Å². The second kappa shape index (κ2) is 10.7. The molecule has 1 saturated heterocycles. The molecule has 0 atom stereocenters. The summed E-state index contributed by atoms with van der Waals surface area (Å²) >= 11 is 0. The van der Waals surface area contributed by atoms with Gasteiger partial charge in [-0.25, -0.2) is 8.42 Å². The van der Waals surface area contributed by atoms with Gasteiger partial charge in [0.15, 0.2) is 0 Å². The second-order valence-corrected chi connectivity index (χ2v) is 9.93. The monoisotopic (exact) mass is 495 g/mol. The van der Waals surface area contributed by atoms with Gasteiger partial charge in [-0.1, -0.05) is 36.4 Å². The lowest BCUT2D eigenvalue weighted by atomic mass is 10.2. The van der Waals surface area contributed by atoms with E-state index in [1.165, 1.54) is 26.4 Å². The Morgan fingerprint density at radius 1 is 0.857 bits per heavy atom. The molecule has 9 heteroatoms. The number of carbonyl (C=O) groups is 1. The van der Waals surface area contributed by atoms with Gasteiger partial charge in [0.2, 0.25) is 5.91 Å². The fourth-order valence-corrected chi connectivity index (χ4v) is 5.53. The topological polar surface area (TPSA) is 79.4 Å². The third kappa shape index (κ3) is 5.35. The van der Waals surface area contributed by atoms with Crippen LogP contribution < -0.4 is 18.7 Å². The lowest BCUT2D eigenvalue weighted by Gasteiger charge is -2.37. The molecular formula is C26H29N3O5S. The number of para-hydroxylation sites is 1. The van der Waals surface area contributed by atoms with E-state index in [1.54, 1.807) is 41.3 Å². The van der Waals surface area contributed by atoms with E-state index in [2.05, 4.69) is 4.90 Å². The molecule has 3 aromatic carbocycles. The summed E-state index contributed by atoms with van der Waals surface area (Å²) in [6.45, 7) is 2.02. The first-order valence-electron chi connectivity index (χ1n) is 11.3. The van der Waals surface area contributed by atoms with E-state index in [0.717, 1.165) is 9.99 Å². The summed E-state index contributed by atoms with van der Waals surface area (Å²) in [5, 5.41) is 0. The molecule has 0 N–H and O–H groups in total. The van der Waals surface area contributed by atoms with E-state index >= 15 is 0 Å². The van der Waals surface area contributed by atoms with Crippen LogP contribution in [0.4, 0.5) is 11.4 Å². The Labute approximate surface area is 206 Å². The Morgan fingerprint density at radius 2 is 1.49 bits per heavy atom. The number of rotatable bonds is 8. The van der Waals surface area contributed by atoms with Gasteiger partial charge in [-0.3, -0.25) is 9.10 Å². The first-order chi connectivity index (χ1) is 16.9. The van der Waals surface area contributed by atoms with Crippen molar-refractivity contribution in [3.63, 3.8) is 0 Å². The summed E-state index contributed by atoms with van der Waals surface area (Å²) in [6, 6.07) is 23.0. The van der Waals surface area contributed by atoms with Gasteiger partial charge >= 0.3 is 0 Å². The third-order valence-electron chi connectivity index (χ3n) is 6.02. The van der Waals surface area contributed by atoms with Crippen molar-refractivity contribution >= 4 is 27.3 Å².